The first-order valence-corrected chi connectivity index (χ1v) is 7.45. The van der Waals surface area contributed by atoms with Crippen molar-refractivity contribution in [1.29, 1.82) is 0 Å². The maximum atomic E-state index is 13.9. The Morgan fingerprint density at radius 3 is 2.90 bits per heavy atom. The van der Waals surface area contributed by atoms with Gasteiger partial charge in [-0.3, -0.25) is 0 Å². The molecular formula is C13H15FN4OS. The number of hydrogen-bond acceptors (Lipinski definition) is 5. The predicted octanol–water partition coefficient (Wildman–Crippen LogP) is 2.57. The summed E-state index contributed by atoms with van der Waals surface area (Å²) >= 11 is 1.18. The number of benzene rings is 1. The van der Waals surface area contributed by atoms with Crippen LogP contribution in [-0.4, -0.2) is 25.3 Å². The minimum atomic E-state index is -0.359. The third-order valence-corrected chi connectivity index (χ3v) is 4.66. The molecule has 1 N–H and O–H groups in total. The quantitative estimate of drug-likeness (QED) is 0.939. The standard InChI is InChI=1S/C13H15FN4OS/c14-11-7-3-4-9(8-19)12(11)20-13-15-16-17-18(13)10-5-1-2-6-10/h3-4,7,10,19H,1-2,5-6,8H2. The van der Waals surface area contributed by atoms with E-state index in [9.17, 15) is 9.50 Å². The molecule has 0 radical (unpaired) electrons. The van der Waals surface area contributed by atoms with Crippen LogP contribution < -0.4 is 0 Å². The van der Waals surface area contributed by atoms with Gasteiger partial charge in [-0.15, -0.1) is 5.10 Å². The summed E-state index contributed by atoms with van der Waals surface area (Å²) < 4.78 is 15.7. The van der Waals surface area contributed by atoms with Gasteiger partial charge in [0.2, 0.25) is 5.16 Å². The summed E-state index contributed by atoms with van der Waals surface area (Å²) in [5.41, 5.74) is 0.552. The zero-order valence-electron chi connectivity index (χ0n) is 10.9. The van der Waals surface area contributed by atoms with E-state index in [1.807, 2.05) is 0 Å². The van der Waals surface area contributed by atoms with Crippen LogP contribution in [0.2, 0.25) is 0 Å². The molecule has 1 aromatic carbocycles. The van der Waals surface area contributed by atoms with Crippen LogP contribution in [0, 0.1) is 5.82 Å². The van der Waals surface area contributed by atoms with Crippen LogP contribution in [0.5, 0.6) is 0 Å². The molecule has 1 aromatic heterocycles. The van der Waals surface area contributed by atoms with E-state index in [4.69, 9.17) is 0 Å². The lowest BCUT2D eigenvalue weighted by molar-refractivity contribution is 0.277. The van der Waals surface area contributed by atoms with E-state index in [1.165, 1.54) is 30.7 Å². The van der Waals surface area contributed by atoms with Crippen molar-refractivity contribution in [2.24, 2.45) is 0 Å². The van der Waals surface area contributed by atoms with Gasteiger partial charge in [0.25, 0.3) is 0 Å². The molecule has 0 aliphatic heterocycles. The highest BCUT2D eigenvalue weighted by atomic mass is 32.2. The van der Waals surface area contributed by atoms with Crippen molar-refractivity contribution < 1.29 is 9.50 Å². The number of halogens is 1. The van der Waals surface area contributed by atoms with Crippen molar-refractivity contribution in [2.75, 3.05) is 0 Å². The van der Waals surface area contributed by atoms with Crippen molar-refractivity contribution in [1.82, 2.24) is 20.2 Å². The maximum absolute atomic E-state index is 13.9. The molecule has 1 saturated carbocycles. The maximum Gasteiger partial charge on any atom is 0.214 e. The number of hydrogen-bond donors (Lipinski definition) is 1. The van der Waals surface area contributed by atoms with E-state index < -0.39 is 0 Å². The van der Waals surface area contributed by atoms with Gasteiger partial charge in [-0.05, 0) is 46.7 Å². The highest BCUT2D eigenvalue weighted by molar-refractivity contribution is 7.99. The van der Waals surface area contributed by atoms with Crippen LogP contribution in [0.1, 0.15) is 37.3 Å². The molecule has 0 bridgehead atoms. The lowest BCUT2D eigenvalue weighted by Crippen LogP contribution is -2.08. The molecule has 3 rings (SSSR count). The molecule has 0 atom stereocenters. The second-order valence-corrected chi connectivity index (χ2v) is 5.81. The minimum absolute atomic E-state index is 0.203. The summed E-state index contributed by atoms with van der Waals surface area (Å²) in [5, 5.41) is 21.6. The van der Waals surface area contributed by atoms with Crippen LogP contribution in [0.15, 0.2) is 28.3 Å². The molecule has 1 heterocycles. The molecule has 1 fully saturated rings. The van der Waals surface area contributed by atoms with Crippen LogP contribution in [-0.2, 0) is 6.61 Å². The predicted molar refractivity (Wildman–Crippen MR) is 71.8 cm³/mol. The van der Waals surface area contributed by atoms with Crippen molar-refractivity contribution in [2.45, 2.75) is 48.4 Å². The van der Waals surface area contributed by atoms with Gasteiger partial charge in [-0.2, -0.15) is 0 Å². The number of aliphatic hydroxyl groups is 1. The number of aromatic nitrogens is 4. The van der Waals surface area contributed by atoms with Crippen LogP contribution >= 0.6 is 11.8 Å². The summed E-state index contributed by atoms with van der Waals surface area (Å²) in [6, 6.07) is 4.97. The molecule has 0 unspecified atom stereocenters. The van der Waals surface area contributed by atoms with E-state index in [-0.39, 0.29) is 12.4 Å². The largest absolute Gasteiger partial charge is 0.392 e. The second-order valence-electron chi connectivity index (χ2n) is 4.83. The number of nitrogens with zero attached hydrogens (tertiary/aromatic N) is 4. The van der Waals surface area contributed by atoms with Gasteiger partial charge in [-0.25, -0.2) is 9.07 Å². The zero-order valence-corrected chi connectivity index (χ0v) is 11.7. The first-order valence-electron chi connectivity index (χ1n) is 6.63. The average Bonchev–Trinajstić information content (AvgIpc) is 3.11. The fourth-order valence-electron chi connectivity index (χ4n) is 2.51. The highest BCUT2D eigenvalue weighted by Gasteiger charge is 2.23. The summed E-state index contributed by atoms with van der Waals surface area (Å²) in [7, 11) is 0. The van der Waals surface area contributed by atoms with Gasteiger partial charge in [-0.1, -0.05) is 25.0 Å². The topological polar surface area (TPSA) is 63.8 Å². The van der Waals surface area contributed by atoms with E-state index in [0.717, 1.165) is 12.8 Å². The fraction of sp³-hybridized carbons (Fsp3) is 0.462. The Bertz CT molecular complexity index is 598. The molecule has 0 saturated heterocycles. The average molecular weight is 294 g/mol. The molecule has 0 spiro atoms. The zero-order chi connectivity index (χ0) is 13.9. The first-order chi connectivity index (χ1) is 9.79. The van der Waals surface area contributed by atoms with Crippen molar-refractivity contribution in [3.63, 3.8) is 0 Å². The lowest BCUT2D eigenvalue weighted by atomic mass is 10.2. The van der Waals surface area contributed by atoms with Gasteiger partial charge in [0.15, 0.2) is 0 Å². The Balaban J connectivity index is 1.90. The Morgan fingerprint density at radius 1 is 1.35 bits per heavy atom. The minimum Gasteiger partial charge on any atom is -0.392 e. The van der Waals surface area contributed by atoms with Crippen LogP contribution in [0.3, 0.4) is 0 Å². The normalized spacial score (nSPS) is 15.9. The smallest absolute Gasteiger partial charge is 0.214 e. The number of rotatable bonds is 4. The molecule has 106 valence electrons. The van der Waals surface area contributed by atoms with E-state index in [1.54, 1.807) is 16.8 Å². The molecule has 1 aliphatic rings. The fourth-order valence-corrected chi connectivity index (χ4v) is 3.48. The summed E-state index contributed by atoms with van der Waals surface area (Å²) in [6.07, 6.45) is 4.47. The lowest BCUT2D eigenvalue weighted by Gasteiger charge is -2.12. The highest BCUT2D eigenvalue weighted by Crippen LogP contribution is 2.35. The molecule has 2 aromatic rings. The molecule has 1 aliphatic carbocycles. The third kappa shape index (κ3) is 2.55. The molecule has 0 amide bonds. The van der Waals surface area contributed by atoms with Gasteiger partial charge in [0.1, 0.15) is 5.82 Å². The van der Waals surface area contributed by atoms with E-state index >= 15 is 0 Å². The van der Waals surface area contributed by atoms with E-state index in [2.05, 4.69) is 15.5 Å². The SMILES string of the molecule is OCc1cccc(F)c1Sc1nnnn1C1CCCC1. The van der Waals surface area contributed by atoms with Gasteiger partial charge >= 0.3 is 0 Å². The Hall–Kier alpha value is -1.47. The van der Waals surface area contributed by atoms with Gasteiger partial charge in [0.05, 0.1) is 17.5 Å². The van der Waals surface area contributed by atoms with Crippen LogP contribution in [0.25, 0.3) is 0 Å². The molecule has 20 heavy (non-hydrogen) atoms. The van der Waals surface area contributed by atoms with Crippen molar-refractivity contribution in [3.05, 3.63) is 29.6 Å². The monoisotopic (exact) mass is 294 g/mol. The van der Waals surface area contributed by atoms with E-state index in [0.29, 0.717) is 21.7 Å². The van der Waals surface area contributed by atoms with Crippen LogP contribution in [0.4, 0.5) is 4.39 Å². The Kier molecular flexibility index (Phi) is 3.98. The van der Waals surface area contributed by atoms with Gasteiger partial charge < -0.3 is 5.11 Å². The number of aliphatic hydroxyl groups excluding tert-OH is 1. The van der Waals surface area contributed by atoms with Crippen molar-refractivity contribution in [3.8, 4) is 0 Å². The van der Waals surface area contributed by atoms with Crippen molar-refractivity contribution >= 4 is 11.8 Å². The third-order valence-electron chi connectivity index (χ3n) is 3.55. The second kappa shape index (κ2) is 5.88. The summed E-state index contributed by atoms with van der Waals surface area (Å²) in [5.74, 6) is -0.359. The molecular weight excluding hydrogens is 279 g/mol. The Morgan fingerprint density at radius 2 is 2.15 bits per heavy atom. The molecule has 5 nitrogen and oxygen atoms in total. The number of tetrazole rings is 1. The molecule has 7 heteroatoms. The summed E-state index contributed by atoms with van der Waals surface area (Å²) in [4.78, 5) is 0.393. The summed E-state index contributed by atoms with van der Waals surface area (Å²) in [6.45, 7) is -0.203. The first kappa shape index (κ1) is 13.5. The Labute approximate surface area is 120 Å². The van der Waals surface area contributed by atoms with Gasteiger partial charge in [0, 0.05) is 0 Å².